The van der Waals surface area contributed by atoms with E-state index in [9.17, 15) is 14.0 Å². The summed E-state index contributed by atoms with van der Waals surface area (Å²) in [6.07, 6.45) is 0. The first-order valence-corrected chi connectivity index (χ1v) is 8.06. The first-order valence-electron chi connectivity index (χ1n) is 6.89. The molecule has 25 heavy (non-hydrogen) atoms. The zero-order valence-electron chi connectivity index (χ0n) is 13.4. The van der Waals surface area contributed by atoms with Gasteiger partial charge in [0.15, 0.2) is 17.3 Å². The van der Waals surface area contributed by atoms with Crippen LogP contribution in [0.2, 0.25) is 5.02 Å². The van der Waals surface area contributed by atoms with E-state index in [1.807, 2.05) is 0 Å². The molecule has 9 heteroatoms. The van der Waals surface area contributed by atoms with Gasteiger partial charge in [-0.1, -0.05) is 11.6 Å². The first-order chi connectivity index (χ1) is 11.8. The fourth-order valence-electron chi connectivity index (χ4n) is 2.10. The van der Waals surface area contributed by atoms with Crippen LogP contribution in [-0.4, -0.2) is 31.1 Å². The number of aromatic nitrogens is 1. The van der Waals surface area contributed by atoms with Crippen molar-refractivity contribution in [1.82, 2.24) is 4.98 Å². The number of hydrogen-bond donors (Lipinski definition) is 1. The fourth-order valence-corrected chi connectivity index (χ4v) is 2.79. The molecule has 0 fully saturated rings. The van der Waals surface area contributed by atoms with Crippen LogP contribution in [0.4, 0.5) is 10.1 Å². The molecule has 1 amide bonds. The summed E-state index contributed by atoms with van der Waals surface area (Å²) >= 11 is 9.29. The number of carbonyl (C=O) groups is 2. The molecule has 132 valence electrons. The second kappa shape index (κ2) is 7.79. The van der Waals surface area contributed by atoms with Crippen LogP contribution >= 0.6 is 27.5 Å². The maximum absolute atomic E-state index is 14.7. The van der Waals surface area contributed by atoms with Gasteiger partial charge in [-0.2, -0.15) is 0 Å². The Labute approximate surface area is 156 Å². The number of ether oxygens (including phenoxy) is 2. The number of esters is 1. The summed E-state index contributed by atoms with van der Waals surface area (Å²) in [6, 6.07) is 4.39. The molecule has 0 saturated carbocycles. The zero-order valence-corrected chi connectivity index (χ0v) is 15.8. The minimum Gasteiger partial charge on any atom is -0.492 e. The van der Waals surface area contributed by atoms with Crippen LogP contribution in [-0.2, 0) is 9.53 Å². The standard InChI is InChI=1S/C16H13BrClFN2O4/c1-7(22)20-11-6-10(21-14(12(11)18)16(23)25-3)8-4-5-9(17)15(24-2)13(8)19/h4-6H,1-3H3,(H,20,21,22). The molecule has 1 aromatic carbocycles. The van der Waals surface area contributed by atoms with E-state index in [1.54, 1.807) is 6.07 Å². The summed E-state index contributed by atoms with van der Waals surface area (Å²) < 4.78 is 24.8. The number of halogens is 3. The van der Waals surface area contributed by atoms with E-state index in [4.69, 9.17) is 16.3 Å². The Balaban J connectivity index is 2.73. The molecule has 0 radical (unpaired) electrons. The van der Waals surface area contributed by atoms with Gasteiger partial charge in [-0.25, -0.2) is 14.2 Å². The summed E-state index contributed by atoms with van der Waals surface area (Å²) in [5, 5.41) is 2.38. The largest absolute Gasteiger partial charge is 0.492 e. The predicted molar refractivity (Wildman–Crippen MR) is 94.5 cm³/mol. The van der Waals surface area contributed by atoms with Gasteiger partial charge >= 0.3 is 5.97 Å². The van der Waals surface area contributed by atoms with Crippen LogP contribution in [0.25, 0.3) is 11.3 Å². The monoisotopic (exact) mass is 430 g/mol. The van der Waals surface area contributed by atoms with Crippen molar-refractivity contribution in [3.05, 3.63) is 39.2 Å². The number of amides is 1. The van der Waals surface area contributed by atoms with Crippen molar-refractivity contribution < 1.29 is 23.5 Å². The predicted octanol–water partition coefficient (Wildman–Crippen LogP) is 4.06. The number of hydrogen-bond acceptors (Lipinski definition) is 5. The molecule has 6 nitrogen and oxygen atoms in total. The summed E-state index contributed by atoms with van der Waals surface area (Å²) in [5.41, 5.74) is 0.0119. The van der Waals surface area contributed by atoms with Gasteiger partial charge in [0, 0.05) is 12.5 Å². The van der Waals surface area contributed by atoms with Gasteiger partial charge in [0.05, 0.1) is 35.1 Å². The number of nitrogens with zero attached hydrogens (tertiary/aromatic N) is 1. The van der Waals surface area contributed by atoms with Gasteiger partial charge in [-0.3, -0.25) is 4.79 Å². The van der Waals surface area contributed by atoms with Crippen molar-refractivity contribution in [1.29, 1.82) is 0 Å². The molecule has 2 aromatic rings. The third-order valence-corrected chi connectivity index (χ3v) is 4.18. The van der Waals surface area contributed by atoms with Crippen molar-refractivity contribution in [2.75, 3.05) is 19.5 Å². The Bertz CT molecular complexity index is 861. The molecular formula is C16H13BrClFN2O4. The highest BCUT2D eigenvalue weighted by Crippen LogP contribution is 2.37. The van der Waals surface area contributed by atoms with Crippen LogP contribution in [0.1, 0.15) is 17.4 Å². The minimum absolute atomic E-state index is 0.0186. The van der Waals surface area contributed by atoms with E-state index >= 15 is 0 Å². The summed E-state index contributed by atoms with van der Waals surface area (Å²) in [7, 11) is 2.49. The van der Waals surface area contributed by atoms with E-state index in [0.717, 1.165) is 7.11 Å². The average molecular weight is 432 g/mol. The van der Waals surface area contributed by atoms with Gasteiger partial charge in [-0.05, 0) is 34.1 Å². The molecule has 0 aliphatic rings. The van der Waals surface area contributed by atoms with Crippen molar-refractivity contribution >= 4 is 45.1 Å². The van der Waals surface area contributed by atoms with Gasteiger partial charge < -0.3 is 14.8 Å². The number of benzene rings is 1. The van der Waals surface area contributed by atoms with Crippen molar-refractivity contribution in [2.45, 2.75) is 6.92 Å². The smallest absolute Gasteiger partial charge is 0.358 e. The van der Waals surface area contributed by atoms with Crippen LogP contribution in [0.15, 0.2) is 22.7 Å². The van der Waals surface area contributed by atoms with Crippen molar-refractivity contribution in [2.24, 2.45) is 0 Å². The van der Waals surface area contributed by atoms with Gasteiger partial charge in [0.2, 0.25) is 5.91 Å². The molecule has 1 aromatic heterocycles. The van der Waals surface area contributed by atoms with E-state index < -0.39 is 17.7 Å². The Morgan fingerprint density at radius 3 is 2.56 bits per heavy atom. The topological polar surface area (TPSA) is 77.5 Å². The fraction of sp³-hybridized carbons (Fsp3) is 0.188. The number of methoxy groups -OCH3 is 2. The molecule has 0 aliphatic heterocycles. The summed E-state index contributed by atoms with van der Waals surface area (Å²) in [6.45, 7) is 1.28. The molecule has 1 heterocycles. The van der Waals surface area contributed by atoms with Crippen LogP contribution in [0.3, 0.4) is 0 Å². The summed E-state index contributed by atoms with van der Waals surface area (Å²) in [4.78, 5) is 27.4. The molecule has 0 aliphatic carbocycles. The van der Waals surface area contributed by atoms with Crippen molar-refractivity contribution in [3.8, 4) is 17.0 Å². The van der Waals surface area contributed by atoms with E-state index in [0.29, 0.717) is 4.47 Å². The maximum atomic E-state index is 14.7. The molecule has 1 N–H and O–H groups in total. The lowest BCUT2D eigenvalue weighted by molar-refractivity contribution is -0.114. The Kier molecular flexibility index (Phi) is 5.97. The lowest BCUT2D eigenvalue weighted by atomic mass is 10.1. The highest BCUT2D eigenvalue weighted by molar-refractivity contribution is 9.10. The van der Waals surface area contributed by atoms with Crippen LogP contribution < -0.4 is 10.1 Å². The second-order valence-electron chi connectivity index (χ2n) is 4.83. The number of nitrogens with one attached hydrogen (secondary N) is 1. The van der Waals surface area contributed by atoms with Crippen LogP contribution in [0, 0.1) is 5.82 Å². The minimum atomic E-state index is -0.817. The SMILES string of the molecule is COC(=O)c1nc(-c2ccc(Br)c(OC)c2F)cc(NC(C)=O)c1Cl. The molecule has 0 saturated heterocycles. The molecular weight excluding hydrogens is 419 g/mol. The second-order valence-corrected chi connectivity index (χ2v) is 6.06. The maximum Gasteiger partial charge on any atom is 0.358 e. The summed E-state index contributed by atoms with van der Waals surface area (Å²) in [5.74, 6) is -1.93. The Hall–Kier alpha value is -2.19. The van der Waals surface area contributed by atoms with Crippen molar-refractivity contribution in [3.63, 3.8) is 0 Å². The van der Waals surface area contributed by atoms with E-state index in [-0.39, 0.29) is 33.4 Å². The highest BCUT2D eigenvalue weighted by atomic mass is 79.9. The Morgan fingerprint density at radius 2 is 2.00 bits per heavy atom. The highest BCUT2D eigenvalue weighted by Gasteiger charge is 2.22. The quantitative estimate of drug-likeness (QED) is 0.739. The van der Waals surface area contributed by atoms with Gasteiger partial charge in [-0.15, -0.1) is 0 Å². The molecule has 0 bridgehead atoms. The molecule has 0 spiro atoms. The van der Waals surface area contributed by atoms with Gasteiger partial charge in [0.25, 0.3) is 0 Å². The van der Waals surface area contributed by atoms with E-state index in [2.05, 4.69) is 31.0 Å². The molecule has 2 rings (SSSR count). The van der Waals surface area contributed by atoms with Crippen LogP contribution in [0.5, 0.6) is 5.75 Å². The number of pyridine rings is 1. The first kappa shape index (κ1) is 19.1. The number of anilines is 1. The number of carbonyl (C=O) groups excluding carboxylic acids is 2. The van der Waals surface area contributed by atoms with Gasteiger partial charge in [0.1, 0.15) is 0 Å². The third-order valence-electron chi connectivity index (χ3n) is 3.18. The number of rotatable bonds is 4. The lowest BCUT2D eigenvalue weighted by Crippen LogP contribution is -2.12. The normalized spacial score (nSPS) is 10.3. The average Bonchev–Trinajstić information content (AvgIpc) is 2.56. The Morgan fingerprint density at radius 1 is 1.32 bits per heavy atom. The molecule has 0 unspecified atom stereocenters. The molecule has 0 atom stereocenters. The lowest BCUT2D eigenvalue weighted by Gasteiger charge is -2.13. The zero-order chi connectivity index (χ0) is 18.7. The third kappa shape index (κ3) is 3.91. The van der Waals surface area contributed by atoms with E-state index in [1.165, 1.54) is 26.2 Å².